The van der Waals surface area contributed by atoms with Crippen LogP contribution in [0.15, 0.2) is 12.4 Å². The van der Waals surface area contributed by atoms with E-state index in [4.69, 9.17) is 11.6 Å². The number of aromatic nitrogens is 2. The molecule has 1 aromatic rings. The molecule has 0 N–H and O–H groups in total. The molecular formula is C14H21ClN4O2S. The van der Waals surface area contributed by atoms with Crippen LogP contribution in [0.25, 0.3) is 0 Å². The number of hydrogen-bond acceptors (Lipinski definition) is 5. The van der Waals surface area contributed by atoms with Crippen molar-refractivity contribution in [2.45, 2.75) is 37.4 Å². The first-order valence-electron chi connectivity index (χ1n) is 7.79. The van der Waals surface area contributed by atoms with E-state index in [0.29, 0.717) is 50.0 Å². The van der Waals surface area contributed by atoms with Crippen LogP contribution in [0, 0.1) is 0 Å². The topological polar surface area (TPSA) is 66.4 Å². The number of hydrogen-bond donors (Lipinski definition) is 0. The lowest BCUT2D eigenvalue weighted by molar-refractivity contribution is 0.338. The monoisotopic (exact) mass is 344 g/mol. The Morgan fingerprint density at radius 1 is 1.00 bits per heavy atom. The van der Waals surface area contributed by atoms with Crippen LogP contribution >= 0.6 is 11.6 Å². The van der Waals surface area contributed by atoms with Gasteiger partial charge in [0, 0.05) is 26.2 Å². The van der Waals surface area contributed by atoms with Crippen LogP contribution < -0.4 is 4.90 Å². The molecule has 1 aromatic heterocycles. The Morgan fingerprint density at radius 3 is 2.18 bits per heavy atom. The number of sulfonamides is 1. The zero-order valence-electron chi connectivity index (χ0n) is 12.5. The van der Waals surface area contributed by atoms with Gasteiger partial charge < -0.3 is 4.90 Å². The number of piperidine rings is 2. The summed E-state index contributed by atoms with van der Waals surface area (Å²) < 4.78 is 27.1. The van der Waals surface area contributed by atoms with E-state index in [2.05, 4.69) is 9.97 Å². The second-order valence-electron chi connectivity index (χ2n) is 5.89. The van der Waals surface area contributed by atoms with Crippen LogP contribution in [0.5, 0.6) is 0 Å². The lowest BCUT2D eigenvalue weighted by Gasteiger charge is -2.35. The molecule has 0 bridgehead atoms. The highest BCUT2D eigenvalue weighted by atomic mass is 35.5. The maximum atomic E-state index is 12.7. The maximum absolute atomic E-state index is 12.7. The molecule has 0 aromatic carbocycles. The van der Waals surface area contributed by atoms with Gasteiger partial charge in [-0.15, -0.1) is 0 Å². The van der Waals surface area contributed by atoms with Crippen molar-refractivity contribution < 1.29 is 8.42 Å². The van der Waals surface area contributed by atoms with E-state index in [1.807, 2.05) is 4.90 Å². The van der Waals surface area contributed by atoms with Crippen LogP contribution in [0.1, 0.15) is 32.1 Å². The molecule has 0 aliphatic carbocycles. The molecule has 6 nitrogen and oxygen atoms in total. The van der Waals surface area contributed by atoms with E-state index in [0.717, 1.165) is 19.3 Å². The first-order chi connectivity index (χ1) is 10.6. The van der Waals surface area contributed by atoms with Gasteiger partial charge in [0.1, 0.15) is 0 Å². The third kappa shape index (κ3) is 3.36. The average molecular weight is 345 g/mol. The van der Waals surface area contributed by atoms with Gasteiger partial charge in [0.2, 0.25) is 16.0 Å². The molecule has 0 radical (unpaired) electrons. The Labute approximate surface area is 136 Å². The minimum atomic E-state index is -3.15. The normalized spacial score (nSPS) is 22.0. The molecule has 2 fully saturated rings. The second kappa shape index (κ2) is 6.68. The largest absolute Gasteiger partial charge is 0.341 e. The van der Waals surface area contributed by atoms with Crippen LogP contribution in [0.2, 0.25) is 5.02 Å². The molecule has 0 saturated carbocycles. The summed E-state index contributed by atoms with van der Waals surface area (Å²) in [5, 5.41) is 0.237. The summed E-state index contributed by atoms with van der Waals surface area (Å²) in [4.78, 5) is 10.4. The standard InChI is InChI=1S/C14H21ClN4O2S/c15-12-10-16-14(17-11-12)18-8-4-13(5-9-18)22(20,21)19-6-2-1-3-7-19/h10-11,13H,1-9H2. The fourth-order valence-corrected chi connectivity index (χ4v) is 5.25. The molecule has 3 rings (SSSR count). The molecule has 8 heteroatoms. The summed E-state index contributed by atoms with van der Waals surface area (Å²) in [7, 11) is -3.15. The van der Waals surface area contributed by atoms with Crippen LogP contribution in [0.4, 0.5) is 5.95 Å². The van der Waals surface area contributed by atoms with Gasteiger partial charge in [-0.3, -0.25) is 0 Å². The lowest BCUT2D eigenvalue weighted by atomic mass is 10.1. The third-order valence-corrected chi connectivity index (χ3v) is 7.02. The molecule has 22 heavy (non-hydrogen) atoms. The number of halogens is 1. The van der Waals surface area contributed by atoms with Gasteiger partial charge in [0.15, 0.2) is 0 Å². The first kappa shape index (κ1) is 16.0. The number of anilines is 1. The van der Waals surface area contributed by atoms with Crippen LogP contribution in [-0.4, -0.2) is 54.1 Å². The zero-order valence-corrected chi connectivity index (χ0v) is 14.1. The van der Waals surface area contributed by atoms with Crippen molar-refractivity contribution in [3.05, 3.63) is 17.4 Å². The smallest absolute Gasteiger partial charge is 0.225 e. The van der Waals surface area contributed by atoms with Crippen molar-refractivity contribution in [1.29, 1.82) is 0 Å². The van der Waals surface area contributed by atoms with Crippen molar-refractivity contribution in [2.24, 2.45) is 0 Å². The van der Waals surface area contributed by atoms with E-state index in [1.54, 1.807) is 16.7 Å². The highest BCUT2D eigenvalue weighted by Crippen LogP contribution is 2.25. The van der Waals surface area contributed by atoms with Gasteiger partial charge in [0.05, 0.1) is 22.7 Å². The predicted octanol–water partition coefficient (Wildman–Crippen LogP) is 1.91. The van der Waals surface area contributed by atoms with Crippen LogP contribution in [-0.2, 0) is 10.0 Å². The number of rotatable bonds is 3. The molecule has 0 amide bonds. The minimum Gasteiger partial charge on any atom is -0.341 e. The Morgan fingerprint density at radius 2 is 1.59 bits per heavy atom. The summed E-state index contributed by atoms with van der Waals surface area (Å²) in [5.74, 6) is 0.623. The SMILES string of the molecule is O=S(=O)(C1CCN(c2ncc(Cl)cn2)CC1)N1CCCCC1. The van der Waals surface area contributed by atoms with E-state index in [-0.39, 0.29) is 5.25 Å². The fourth-order valence-electron chi connectivity index (χ4n) is 3.15. The van der Waals surface area contributed by atoms with Crippen molar-refractivity contribution in [1.82, 2.24) is 14.3 Å². The number of nitrogens with zero attached hydrogens (tertiary/aromatic N) is 4. The van der Waals surface area contributed by atoms with Crippen molar-refractivity contribution >= 4 is 27.6 Å². The summed E-state index contributed by atoms with van der Waals surface area (Å²) in [6.45, 7) is 2.70. The van der Waals surface area contributed by atoms with E-state index < -0.39 is 10.0 Å². The molecule has 2 saturated heterocycles. The molecule has 2 aliphatic heterocycles. The fraction of sp³-hybridized carbons (Fsp3) is 0.714. The molecule has 3 heterocycles. The average Bonchev–Trinajstić information content (AvgIpc) is 2.56. The van der Waals surface area contributed by atoms with Crippen molar-refractivity contribution in [3.63, 3.8) is 0 Å². The first-order valence-corrected chi connectivity index (χ1v) is 9.67. The minimum absolute atomic E-state index is 0.269. The summed E-state index contributed by atoms with van der Waals surface area (Å²) >= 11 is 5.79. The van der Waals surface area contributed by atoms with Gasteiger partial charge >= 0.3 is 0 Å². The predicted molar refractivity (Wildman–Crippen MR) is 86.6 cm³/mol. The molecule has 0 unspecified atom stereocenters. The Hall–Kier alpha value is -0.920. The highest BCUT2D eigenvalue weighted by molar-refractivity contribution is 7.89. The summed E-state index contributed by atoms with van der Waals surface area (Å²) in [6.07, 6.45) is 7.50. The quantitative estimate of drug-likeness (QED) is 0.838. The van der Waals surface area contributed by atoms with Crippen LogP contribution in [0.3, 0.4) is 0 Å². The molecule has 0 atom stereocenters. The Bertz CT molecular complexity index is 594. The molecule has 0 spiro atoms. The summed E-state index contributed by atoms with van der Waals surface area (Å²) in [5.41, 5.74) is 0. The third-order valence-electron chi connectivity index (χ3n) is 4.43. The van der Waals surface area contributed by atoms with E-state index in [1.165, 1.54) is 0 Å². The Balaban J connectivity index is 1.62. The van der Waals surface area contributed by atoms with Crippen molar-refractivity contribution in [3.8, 4) is 0 Å². The van der Waals surface area contributed by atoms with E-state index >= 15 is 0 Å². The van der Waals surface area contributed by atoms with Crippen molar-refractivity contribution in [2.75, 3.05) is 31.1 Å². The molecular weight excluding hydrogens is 324 g/mol. The van der Waals surface area contributed by atoms with Gasteiger partial charge in [0.25, 0.3) is 0 Å². The summed E-state index contributed by atoms with van der Waals surface area (Å²) in [6, 6.07) is 0. The Kier molecular flexibility index (Phi) is 4.84. The second-order valence-corrected chi connectivity index (χ2v) is 8.54. The lowest BCUT2D eigenvalue weighted by Crippen LogP contribution is -2.47. The van der Waals surface area contributed by atoms with Gasteiger partial charge in [-0.25, -0.2) is 22.7 Å². The maximum Gasteiger partial charge on any atom is 0.225 e. The highest BCUT2D eigenvalue weighted by Gasteiger charge is 2.35. The zero-order chi connectivity index (χ0) is 15.6. The molecule has 122 valence electrons. The van der Waals surface area contributed by atoms with Gasteiger partial charge in [-0.1, -0.05) is 18.0 Å². The molecule has 2 aliphatic rings. The van der Waals surface area contributed by atoms with Gasteiger partial charge in [-0.05, 0) is 25.7 Å². The van der Waals surface area contributed by atoms with E-state index in [9.17, 15) is 8.42 Å². The van der Waals surface area contributed by atoms with Gasteiger partial charge in [-0.2, -0.15) is 0 Å².